The Morgan fingerprint density at radius 1 is 1.28 bits per heavy atom. The molecular formula is C19H33N5O. The van der Waals surface area contributed by atoms with Crippen LogP contribution in [0.15, 0.2) is 12.4 Å². The van der Waals surface area contributed by atoms with Gasteiger partial charge in [0.05, 0.1) is 0 Å². The number of nitrogens with zero attached hydrogens (tertiary/aromatic N) is 4. The van der Waals surface area contributed by atoms with Crippen LogP contribution in [0.1, 0.15) is 51.8 Å². The lowest BCUT2D eigenvalue weighted by atomic mass is 10.1. The summed E-state index contributed by atoms with van der Waals surface area (Å²) >= 11 is 0. The number of hydrogen-bond donors (Lipinski definition) is 1. The third kappa shape index (κ3) is 4.35. The molecule has 2 unspecified atom stereocenters. The van der Waals surface area contributed by atoms with Crippen molar-refractivity contribution >= 4 is 6.03 Å². The molecule has 2 aliphatic heterocycles. The van der Waals surface area contributed by atoms with Crippen molar-refractivity contribution in [3.8, 4) is 0 Å². The van der Waals surface area contributed by atoms with Crippen LogP contribution in [0.3, 0.4) is 0 Å². The lowest BCUT2D eigenvalue weighted by Crippen LogP contribution is -2.46. The van der Waals surface area contributed by atoms with Gasteiger partial charge >= 0.3 is 6.03 Å². The van der Waals surface area contributed by atoms with E-state index in [-0.39, 0.29) is 6.03 Å². The highest BCUT2D eigenvalue weighted by Gasteiger charge is 2.39. The van der Waals surface area contributed by atoms with E-state index in [1.54, 1.807) is 0 Å². The molecule has 6 nitrogen and oxygen atoms in total. The molecule has 140 valence electrons. The molecule has 2 atom stereocenters. The minimum atomic E-state index is 0.120. The van der Waals surface area contributed by atoms with Crippen molar-refractivity contribution < 1.29 is 4.79 Å². The van der Waals surface area contributed by atoms with Gasteiger partial charge in [-0.15, -0.1) is 0 Å². The third-order valence-electron chi connectivity index (χ3n) is 5.75. The van der Waals surface area contributed by atoms with E-state index in [0.29, 0.717) is 18.1 Å². The van der Waals surface area contributed by atoms with E-state index >= 15 is 0 Å². The summed E-state index contributed by atoms with van der Waals surface area (Å²) in [6.45, 7) is 10.1. The van der Waals surface area contributed by atoms with E-state index in [4.69, 9.17) is 0 Å². The average molecular weight is 348 g/mol. The molecule has 2 aliphatic rings. The Morgan fingerprint density at radius 3 is 2.80 bits per heavy atom. The van der Waals surface area contributed by atoms with Gasteiger partial charge in [-0.1, -0.05) is 0 Å². The van der Waals surface area contributed by atoms with Gasteiger partial charge < -0.3 is 14.8 Å². The summed E-state index contributed by atoms with van der Waals surface area (Å²) in [6, 6.07) is 1.91. The lowest BCUT2D eigenvalue weighted by molar-refractivity contribution is 0.147. The zero-order chi connectivity index (χ0) is 17.8. The molecule has 0 aromatic carbocycles. The van der Waals surface area contributed by atoms with Crippen molar-refractivity contribution in [3.05, 3.63) is 18.2 Å². The molecule has 0 saturated carbocycles. The molecule has 2 saturated heterocycles. The number of rotatable bonds is 6. The Bertz CT molecular complexity index is 570. The minimum Gasteiger partial charge on any atom is -0.338 e. The van der Waals surface area contributed by atoms with Crippen molar-refractivity contribution in [1.82, 2.24) is 24.7 Å². The number of likely N-dealkylation sites (tertiary alicyclic amines) is 1. The molecule has 0 spiro atoms. The summed E-state index contributed by atoms with van der Waals surface area (Å²) in [7, 11) is 0. The Labute approximate surface area is 151 Å². The topological polar surface area (TPSA) is 53.4 Å². The van der Waals surface area contributed by atoms with Gasteiger partial charge in [0.25, 0.3) is 0 Å². The maximum Gasteiger partial charge on any atom is 0.317 e. The molecule has 2 bridgehead atoms. The zero-order valence-electron chi connectivity index (χ0n) is 15.9. The third-order valence-corrected chi connectivity index (χ3v) is 5.75. The average Bonchev–Trinajstić information content (AvgIpc) is 3.09. The molecule has 3 rings (SSSR count). The molecule has 2 fully saturated rings. The predicted octanol–water partition coefficient (Wildman–Crippen LogP) is 2.63. The number of aryl methyl sites for hydroxylation is 2. The van der Waals surface area contributed by atoms with Crippen LogP contribution in [0.25, 0.3) is 0 Å². The van der Waals surface area contributed by atoms with Crippen LogP contribution in [0.2, 0.25) is 0 Å². The highest BCUT2D eigenvalue weighted by molar-refractivity contribution is 5.74. The van der Waals surface area contributed by atoms with E-state index < -0.39 is 0 Å². The van der Waals surface area contributed by atoms with Crippen molar-refractivity contribution in [3.63, 3.8) is 0 Å². The molecule has 0 aliphatic carbocycles. The van der Waals surface area contributed by atoms with Crippen molar-refractivity contribution in [2.75, 3.05) is 19.6 Å². The van der Waals surface area contributed by atoms with Gasteiger partial charge in [0.15, 0.2) is 0 Å². The number of nitrogens with one attached hydrogen (secondary N) is 1. The summed E-state index contributed by atoms with van der Waals surface area (Å²) in [5, 5.41) is 3.12. The van der Waals surface area contributed by atoms with Gasteiger partial charge in [0.2, 0.25) is 0 Å². The number of hydrogen-bond acceptors (Lipinski definition) is 3. The van der Waals surface area contributed by atoms with Crippen molar-refractivity contribution in [2.45, 2.75) is 77.5 Å². The van der Waals surface area contributed by atoms with Crippen LogP contribution >= 0.6 is 0 Å². The Hall–Kier alpha value is -1.56. The van der Waals surface area contributed by atoms with Crippen molar-refractivity contribution in [2.24, 2.45) is 0 Å². The van der Waals surface area contributed by atoms with E-state index in [1.165, 1.54) is 12.8 Å². The number of carbonyl (C=O) groups is 1. The van der Waals surface area contributed by atoms with Gasteiger partial charge in [-0.25, -0.2) is 9.78 Å². The fourth-order valence-corrected chi connectivity index (χ4v) is 4.49. The fourth-order valence-electron chi connectivity index (χ4n) is 4.49. The Balaban J connectivity index is 1.39. The summed E-state index contributed by atoms with van der Waals surface area (Å²) in [5.41, 5.74) is 0. The Kier molecular flexibility index (Phi) is 5.99. The summed E-state index contributed by atoms with van der Waals surface area (Å²) < 4.78 is 2.16. The van der Waals surface area contributed by atoms with Gasteiger partial charge in [-0.3, -0.25) is 4.90 Å². The van der Waals surface area contributed by atoms with Crippen molar-refractivity contribution in [1.29, 1.82) is 0 Å². The summed E-state index contributed by atoms with van der Waals surface area (Å²) in [5.74, 6) is 1.05. The van der Waals surface area contributed by atoms with Crippen LogP contribution < -0.4 is 5.32 Å². The highest BCUT2D eigenvalue weighted by Crippen LogP contribution is 2.31. The zero-order valence-corrected chi connectivity index (χ0v) is 15.9. The highest BCUT2D eigenvalue weighted by atomic mass is 16.2. The molecule has 3 heterocycles. The smallest absolute Gasteiger partial charge is 0.317 e. The summed E-state index contributed by atoms with van der Waals surface area (Å²) in [6.07, 6.45) is 9.56. The molecule has 2 amide bonds. The second-order valence-electron chi connectivity index (χ2n) is 7.77. The number of urea groups is 1. The second-order valence-corrected chi connectivity index (χ2v) is 7.77. The van der Waals surface area contributed by atoms with Crippen LogP contribution in [0.4, 0.5) is 4.79 Å². The number of carbonyl (C=O) groups excluding carboxylic acids is 1. The molecule has 1 aromatic heterocycles. The lowest BCUT2D eigenvalue weighted by Gasteiger charge is -2.32. The van der Waals surface area contributed by atoms with Crippen LogP contribution in [0.5, 0.6) is 0 Å². The van der Waals surface area contributed by atoms with E-state index in [2.05, 4.69) is 33.6 Å². The largest absolute Gasteiger partial charge is 0.338 e. The second kappa shape index (κ2) is 8.21. The molecule has 1 N–H and O–H groups in total. The van der Waals surface area contributed by atoms with Crippen LogP contribution in [-0.4, -0.2) is 63.1 Å². The van der Waals surface area contributed by atoms with E-state index in [1.807, 2.05) is 24.2 Å². The van der Waals surface area contributed by atoms with E-state index in [9.17, 15) is 4.79 Å². The standard InChI is InChI=1S/C19H33N5O/c1-15(2)24-17-6-7-18(24)14-23(12-8-17)19(25)21-9-4-5-11-22-13-10-20-16(22)3/h10,13,15,17-18H,4-9,11-12,14H2,1-3H3,(H,21,25). The molecule has 0 radical (unpaired) electrons. The van der Waals surface area contributed by atoms with Gasteiger partial charge in [-0.2, -0.15) is 0 Å². The molecule has 1 aromatic rings. The molecular weight excluding hydrogens is 314 g/mol. The summed E-state index contributed by atoms with van der Waals surface area (Å²) in [4.78, 5) is 21.4. The van der Waals surface area contributed by atoms with Gasteiger partial charge in [0.1, 0.15) is 5.82 Å². The molecule has 6 heteroatoms. The monoisotopic (exact) mass is 347 g/mol. The number of unbranched alkanes of at least 4 members (excludes halogenated alkanes) is 1. The first-order valence-corrected chi connectivity index (χ1v) is 9.84. The number of imidazole rings is 1. The van der Waals surface area contributed by atoms with E-state index in [0.717, 1.165) is 51.3 Å². The quantitative estimate of drug-likeness (QED) is 0.805. The van der Waals surface area contributed by atoms with Crippen LogP contribution in [-0.2, 0) is 6.54 Å². The fraction of sp³-hybridized carbons (Fsp3) is 0.789. The van der Waals surface area contributed by atoms with Gasteiger partial charge in [0, 0.05) is 56.7 Å². The maximum atomic E-state index is 12.5. The minimum absolute atomic E-state index is 0.120. The number of amides is 2. The van der Waals surface area contributed by atoms with Gasteiger partial charge in [-0.05, 0) is 52.9 Å². The first-order chi connectivity index (χ1) is 12.1. The predicted molar refractivity (Wildman–Crippen MR) is 99.6 cm³/mol. The maximum absolute atomic E-state index is 12.5. The number of fused-ring (bicyclic) bond motifs is 2. The van der Waals surface area contributed by atoms with Crippen LogP contribution in [0, 0.1) is 6.92 Å². The number of aromatic nitrogens is 2. The normalized spacial score (nSPS) is 23.9. The Morgan fingerprint density at radius 2 is 2.08 bits per heavy atom. The first-order valence-electron chi connectivity index (χ1n) is 9.84. The first kappa shape index (κ1) is 18.2. The SMILES string of the molecule is Cc1nccn1CCCCNC(=O)N1CCC2CCC(C1)N2C(C)C. The molecule has 25 heavy (non-hydrogen) atoms.